The van der Waals surface area contributed by atoms with Gasteiger partial charge in [-0.2, -0.15) is 0 Å². The standard InChI is InChI=1S/C21H25BN2O4/c23-13-16-3-6-19-18(11-16)21(14-28-19)7-9-24(10-8-21)20(25)12-15-1-4-17(5-2-15)22(26)27/h1-6,11,26-27H,7-10,12-14,23H2. The third-order valence-corrected chi connectivity index (χ3v) is 6.06. The van der Waals surface area contributed by atoms with Gasteiger partial charge in [-0.3, -0.25) is 4.79 Å². The van der Waals surface area contributed by atoms with Crippen LogP contribution in [0.2, 0.25) is 0 Å². The first-order chi connectivity index (χ1) is 13.5. The molecule has 0 aromatic heterocycles. The molecule has 2 aromatic carbocycles. The van der Waals surface area contributed by atoms with E-state index in [4.69, 9.17) is 20.5 Å². The fourth-order valence-corrected chi connectivity index (χ4v) is 4.23. The number of nitrogens with two attached hydrogens (primary N) is 1. The number of rotatable bonds is 4. The van der Waals surface area contributed by atoms with Gasteiger partial charge in [0.1, 0.15) is 5.75 Å². The van der Waals surface area contributed by atoms with Crippen molar-refractivity contribution < 1.29 is 19.6 Å². The molecule has 4 rings (SSSR count). The zero-order chi connectivity index (χ0) is 19.7. The summed E-state index contributed by atoms with van der Waals surface area (Å²) in [5.41, 5.74) is 9.43. The summed E-state index contributed by atoms with van der Waals surface area (Å²) in [5.74, 6) is 1.05. The van der Waals surface area contributed by atoms with E-state index in [1.54, 1.807) is 24.3 Å². The molecule has 28 heavy (non-hydrogen) atoms. The van der Waals surface area contributed by atoms with Crippen molar-refractivity contribution in [3.05, 3.63) is 59.2 Å². The van der Waals surface area contributed by atoms with E-state index in [1.807, 2.05) is 17.0 Å². The lowest BCUT2D eigenvalue weighted by atomic mass is 9.74. The molecule has 2 aliphatic heterocycles. The van der Waals surface area contributed by atoms with E-state index < -0.39 is 7.12 Å². The van der Waals surface area contributed by atoms with E-state index in [0.29, 0.717) is 38.1 Å². The molecule has 7 heteroatoms. The molecule has 1 amide bonds. The first-order valence-electron chi connectivity index (χ1n) is 9.70. The van der Waals surface area contributed by atoms with Gasteiger partial charge in [-0.05, 0) is 35.5 Å². The average Bonchev–Trinajstić information content (AvgIpc) is 3.06. The fraction of sp³-hybridized carbons (Fsp3) is 0.381. The Kier molecular flexibility index (Phi) is 5.14. The van der Waals surface area contributed by atoms with Gasteiger partial charge in [0, 0.05) is 30.6 Å². The quantitative estimate of drug-likeness (QED) is 0.664. The highest BCUT2D eigenvalue weighted by Gasteiger charge is 2.43. The third kappa shape index (κ3) is 3.53. The lowest BCUT2D eigenvalue weighted by molar-refractivity contribution is -0.132. The van der Waals surface area contributed by atoms with E-state index in [9.17, 15) is 4.79 Å². The van der Waals surface area contributed by atoms with Gasteiger partial charge in [-0.25, -0.2) is 0 Å². The normalized spacial score (nSPS) is 17.3. The highest BCUT2D eigenvalue weighted by Crippen LogP contribution is 2.45. The van der Waals surface area contributed by atoms with Gasteiger partial charge in [-0.1, -0.05) is 36.4 Å². The van der Waals surface area contributed by atoms with Crippen molar-refractivity contribution in [1.29, 1.82) is 0 Å². The van der Waals surface area contributed by atoms with Crippen LogP contribution in [0.4, 0.5) is 0 Å². The second kappa shape index (κ2) is 7.58. The molecule has 146 valence electrons. The number of hydrogen-bond donors (Lipinski definition) is 3. The highest BCUT2D eigenvalue weighted by atomic mass is 16.5. The number of carbonyl (C=O) groups excluding carboxylic acids is 1. The molecule has 2 aromatic rings. The first kappa shape index (κ1) is 19.0. The number of amides is 1. The molecule has 0 unspecified atom stereocenters. The van der Waals surface area contributed by atoms with Crippen molar-refractivity contribution in [2.24, 2.45) is 5.73 Å². The topological polar surface area (TPSA) is 96.0 Å². The Morgan fingerprint density at radius 2 is 1.79 bits per heavy atom. The Morgan fingerprint density at radius 3 is 2.43 bits per heavy atom. The molecule has 0 atom stereocenters. The minimum Gasteiger partial charge on any atom is -0.492 e. The number of nitrogens with zero attached hydrogens (tertiary/aromatic N) is 1. The number of hydrogen-bond acceptors (Lipinski definition) is 5. The molecule has 1 spiro atoms. The predicted molar refractivity (Wildman–Crippen MR) is 107 cm³/mol. The summed E-state index contributed by atoms with van der Waals surface area (Å²) >= 11 is 0. The van der Waals surface area contributed by atoms with Crippen LogP contribution in [-0.4, -0.2) is 47.7 Å². The number of carbonyl (C=O) groups is 1. The van der Waals surface area contributed by atoms with Gasteiger partial charge >= 0.3 is 7.12 Å². The Bertz CT molecular complexity index is 861. The molecule has 2 heterocycles. The monoisotopic (exact) mass is 380 g/mol. The van der Waals surface area contributed by atoms with Gasteiger partial charge in [0.15, 0.2) is 0 Å². The summed E-state index contributed by atoms with van der Waals surface area (Å²) < 4.78 is 5.93. The molecule has 1 fully saturated rings. The van der Waals surface area contributed by atoms with Crippen LogP contribution in [0.15, 0.2) is 42.5 Å². The molecule has 4 N–H and O–H groups in total. The van der Waals surface area contributed by atoms with Crippen LogP contribution in [0.5, 0.6) is 5.75 Å². The largest absolute Gasteiger partial charge is 0.492 e. The van der Waals surface area contributed by atoms with Crippen molar-refractivity contribution in [3.63, 3.8) is 0 Å². The number of fused-ring (bicyclic) bond motifs is 2. The third-order valence-electron chi connectivity index (χ3n) is 6.06. The van der Waals surface area contributed by atoms with Gasteiger partial charge in [0.2, 0.25) is 5.91 Å². The summed E-state index contributed by atoms with van der Waals surface area (Å²) in [6.07, 6.45) is 2.09. The number of benzene rings is 2. The molecule has 0 saturated carbocycles. The van der Waals surface area contributed by atoms with Crippen LogP contribution in [-0.2, 0) is 23.2 Å². The van der Waals surface area contributed by atoms with Crippen molar-refractivity contribution in [2.75, 3.05) is 19.7 Å². The summed E-state index contributed by atoms with van der Waals surface area (Å²) in [5, 5.41) is 18.3. The van der Waals surface area contributed by atoms with Gasteiger partial charge in [0.05, 0.1) is 13.0 Å². The summed E-state index contributed by atoms with van der Waals surface area (Å²) in [6.45, 7) is 2.60. The van der Waals surface area contributed by atoms with E-state index in [2.05, 4.69) is 6.07 Å². The maximum absolute atomic E-state index is 12.7. The van der Waals surface area contributed by atoms with Crippen molar-refractivity contribution in [3.8, 4) is 5.75 Å². The molecular weight excluding hydrogens is 355 g/mol. The van der Waals surface area contributed by atoms with Gasteiger partial charge < -0.3 is 25.4 Å². The molecule has 2 aliphatic rings. The number of ether oxygens (including phenoxy) is 1. The molecule has 1 saturated heterocycles. The zero-order valence-electron chi connectivity index (χ0n) is 15.8. The van der Waals surface area contributed by atoms with Gasteiger partial charge in [-0.15, -0.1) is 0 Å². The van der Waals surface area contributed by atoms with E-state index >= 15 is 0 Å². The first-order valence-corrected chi connectivity index (χ1v) is 9.70. The van der Waals surface area contributed by atoms with Crippen molar-refractivity contribution in [2.45, 2.75) is 31.2 Å². The molecule has 6 nitrogen and oxygen atoms in total. The van der Waals surface area contributed by atoms with Crippen LogP contribution in [0, 0.1) is 0 Å². The Balaban J connectivity index is 1.40. The van der Waals surface area contributed by atoms with Crippen molar-refractivity contribution >= 4 is 18.5 Å². The molecule has 0 bridgehead atoms. The SMILES string of the molecule is NCc1ccc2c(c1)C1(CCN(C(=O)Cc3ccc(B(O)O)cc3)CC1)CO2. The number of likely N-dealkylation sites (tertiary alicyclic amines) is 1. The predicted octanol–water partition coefficient (Wildman–Crippen LogP) is 0.320. The van der Waals surface area contributed by atoms with Crippen LogP contribution in [0.3, 0.4) is 0 Å². The summed E-state index contributed by atoms with van der Waals surface area (Å²) in [6, 6.07) is 13.0. The zero-order valence-corrected chi connectivity index (χ0v) is 15.8. The summed E-state index contributed by atoms with van der Waals surface area (Å²) in [7, 11) is -1.49. The van der Waals surface area contributed by atoms with Crippen LogP contribution >= 0.6 is 0 Å². The van der Waals surface area contributed by atoms with Crippen LogP contribution in [0.1, 0.15) is 29.5 Å². The van der Waals surface area contributed by atoms with Crippen molar-refractivity contribution in [1.82, 2.24) is 4.90 Å². The Morgan fingerprint density at radius 1 is 1.11 bits per heavy atom. The highest BCUT2D eigenvalue weighted by molar-refractivity contribution is 6.58. The molecule has 0 radical (unpaired) electrons. The number of piperidine rings is 1. The maximum atomic E-state index is 12.7. The average molecular weight is 380 g/mol. The molecular formula is C21H25BN2O4. The Hall–Kier alpha value is -2.35. The van der Waals surface area contributed by atoms with Crippen LogP contribution < -0.4 is 15.9 Å². The minimum atomic E-state index is -1.49. The second-order valence-electron chi connectivity index (χ2n) is 7.78. The molecule has 0 aliphatic carbocycles. The fourth-order valence-electron chi connectivity index (χ4n) is 4.23. The van der Waals surface area contributed by atoms with E-state index in [1.165, 1.54) is 5.56 Å². The summed E-state index contributed by atoms with van der Waals surface area (Å²) in [4.78, 5) is 14.6. The Labute approximate surface area is 165 Å². The lowest BCUT2D eigenvalue weighted by Crippen LogP contribution is -2.46. The maximum Gasteiger partial charge on any atom is 0.488 e. The smallest absolute Gasteiger partial charge is 0.488 e. The lowest BCUT2D eigenvalue weighted by Gasteiger charge is -2.38. The van der Waals surface area contributed by atoms with E-state index in [-0.39, 0.29) is 11.3 Å². The van der Waals surface area contributed by atoms with E-state index in [0.717, 1.165) is 29.7 Å². The minimum absolute atomic E-state index is 0.0177. The van der Waals surface area contributed by atoms with Crippen LogP contribution in [0.25, 0.3) is 0 Å². The second-order valence-corrected chi connectivity index (χ2v) is 7.78. The van der Waals surface area contributed by atoms with Gasteiger partial charge in [0.25, 0.3) is 0 Å².